The number of ketones is 1. The van der Waals surface area contributed by atoms with Crippen molar-refractivity contribution in [3.05, 3.63) is 69.8 Å². The van der Waals surface area contributed by atoms with Crippen LogP contribution in [0.4, 0.5) is 20.2 Å². The lowest BCUT2D eigenvalue weighted by atomic mass is 9.90. The molecule has 2 aromatic carbocycles. The molecule has 18 heteroatoms. The number of Topliss-reactive ketones (excluding diaryl/α,β-unsaturated/α-hetero) is 1. The zero-order chi connectivity index (χ0) is 41.7. The van der Waals surface area contributed by atoms with Gasteiger partial charge < -0.3 is 31.3 Å². The fraction of sp³-hybridized carbons (Fsp3) is 0.487. The van der Waals surface area contributed by atoms with Crippen molar-refractivity contribution in [2.75, 3.05) is 54.8 Å². The minimum Gasteiger partial charge on any atom is -0.444 e. The maximum atomic E-state index is 11.7. The highest BCUT2D eigenvalue weighted by molar-refractivity contribution is 9.10. The van der Waals surface area contributed by atoms with Gasteiger partial charge in [-0.1, -0.05) is 106 Å². The summed E-state index contributed by atoms with van der Waals surface area (Å²) >= 11 is 18.4. The second-order valence-electron chi connectivity index (χ2n) is 16.0. The molecule has 0 spiro atoms. The molecule has 7 rings (SSSR count). The number of nitrogens with one attached hydrogen (secondary N) is 1. The average molecular weight is 923 g/mol. The standard InChI is InChI=1S/C17H20ClN5S.C13H23N5O2S.C9H8BrClO/c1-11-14(12-5-3-4-6-13(12)18)20-15-23(11)21-16(24-15)22-8-7-17(2,9-19)10-22;1-12(2,3)20-11(19)15-7-13(4)5-6-18(8-13)10-17-16-9(14)21-10;1-6(10)9(12)7-4-2-3-5-8(7)11/h3-6H,7-10,19H2,1-2H3;5-8H2,1-4H3,(H2,14,16)(H,15,19);2-6H,1H3. The lowest BCUT2D eigenvalue weighted by Crippen LogP contribution is -2.40. The summed E-state index contributed by atoms with van der Waals surface area (Å²) in [5.74, 6) is 0.0144. The minimum absolute atomic E-state index is 0.00264. The number of alkyl carbamates (subject to hydrolysis) is 1. The zero-order valence-corrected chi connectivity index (χ0v) is 38.0. The van der Waals surface area contributed by atoms with Crippen molar-refractivity contribution < 1.29 is 14.3 Å². The van der Waals surface area contributed by atoms with Gasteiger partial charge in [0.15, 0.2) is 5.78 Å². The normalized spacial score (nSPS) is 19.8. The first-order chi connectivity index (χ1) is 26.8. The fourth-order valence-corrected chi connectivity index (χ4v) is 8.70. The van der Waals surface area contributed by atoms with Gasteiger partial charge in [-0.3, -0.25) is 4.79 Å². The molecule has 0 radical (unpaired) electrons. The summed E-state index contributed by atoms with van der Waals surface area (Å²) in [6.07, 6.45) is 1.71. The van der Waals surface area contributed by atoms with E-state index < -0.39 is 5.60 Å². The molecule has 0 bridgehead atoms. The summed E-state index contributed by atoms with van der Waals surface area (Å²) in [6.45, 7) is 18.7. The van der Waals surface area contributed by atoms with Crippen molar-refractivity contribution in [3.8, 4) is 11.3 Å². The summed E-state index contributed by atoms with van der Waals surface area (Å²) < 4.78 is 7.18. The predicted molar refractivity (Wildman–Crippen MR) is 238 cm³/mol. The van der Waals surface area contributed by atoms with E-state index in [9.17, 15) is 9.59 Å². The lowest BCUT2D eigenvalue weighted by Gasteiger charge is -2.26. The summed E-state index contributed by atoms with van der Waals surface area (Å²) in [5.41, 5.74) is 14.7. The van der Waals surface area contributed by atoms with Crippen LogP contribution in [-0.4, -0.2) is 86.4 Å². The Kier molecular flexibility index (Phi) is 14.5. The Morgan fingerprint density at radius 3 is 2.14 bits per heavy atom. The second-order valence-corrected chi connectivity index (χ2v) is 20.1. The largest absolute Gasteiger partial charge is 0.444 e. The molecule has 2 saturated heterocycles. The van der Waals surface area contributed by atoms with Gasteiger partial charge in [0.1, 0.15) is 5.60 Å². The van der Waals surface area contributed by atoms with Crippen molar-refractivity contribution in [2.24, 2.45) is 16.6 Å². The third-order valence-electron chi connectivity index (χ3n) is 9.68. The predicted octanol–water partition coefficient (Wildman–Crippen LogP) is 8.76. The van der Waals surface area contributed by atoms with Crippen LogP contribution < -0.4 is 26.6 Å². The smallest absolute Gasteiger partial charge is 0.407 e. The van der Waals surface area contributed by atoms with Gasteiger partial charge in [0.05, 0.1) is 26.3 Å². The molecule has 2 fully saturated rings. The van der Waals surface area contributed by atoms with Crippen LogP contribution in [-0.2, 0) is 4.74 Å². The number of anilines is 3. The Hall–Kier alpha value is -3.54. The third-order valence-corrected chi connectivity index (χ3v) is 12.5. The molecule has 308 valence electrons. The number of fused-ring (bicyclic) bond motifs is 1. The van der Waals surface area contributed by atoms with E-state index in [1.165, 1.54) is 11.3 Å². The molecule has 57 heavy (non-hydrogen) atoms. The number of ether oxygens (including phenoxy) is 1. The van der Waals surface area contributed by atoms with E-state index in [1.54, 1.807) is 42.5 Å². The van der Waals surface area contributed by atoms with E-state index in [4.69, 9.17) is 49.5 Å². The molecule has 3 aromatic heterocycles. The molecular weight excluding hydrogens is 871 g/mol. The number of rotatable bonds is 8. The summed E-state index contributed by atoms with van der Waals surface area (Å²) in [6, 6.07) is 14.8. The van der Waals surface area contributed by atoms with Crippen LogP contribution in [0, 0.1) is 17.8 Å². The van der Waals surface area contributed by atoms with Gasteiger partial charge in [-0.25, -0.2) is 14.3 Å². The molecule has 5 N–H and O–H groups in total. The number of nitrogen functional groups attached to an aromatic ring is 1. The highest BCUT2D eigenvalue weighted by atomic mass is 79.9. The third kappa shape index (κ3) is 11.6. The molecular formula is C39H51BrCl2N10O3S2. The molecule has 1 amide bonds. The minimum atomic E-state index is -0.475. The Bertz CT molecular complexity index is 2170. The Labute approximate surface area is 360 Å². The molecule has 5 aromatic rings. The molecule has 2 aliphatic heterocycles. The van der Waals surface area contributed by atoms with Gasteiger partial charge in [0, 0.05) is 49.3 Å². The molecule has 0 aliphatic carbocycles. The Morgan fingerprint density at radius 1 is 0.965 bits per heavy atom. The van der Waals surface area contributed by atoms with Crippen LogP contribution in [0.15, 0.2) is 48.5 Å². The summed E-state index contributed by atoms with van der Waals surface area (Å²) in [5, 5.41) is 19.1. The number of hydrogen-bond acceptors (Lipinski definition) is 13. The number of imidazole rings is 1. The Balaban J connectivity index is 0.000000172. The van der Waals surface area contributed by atoms with Crippen LogP contribution >= 0.6 is 61.8 Å². The average Bonchev–Trinajstić information content (AvgIpc) is 3.99. The van der Waals surface area contributed by atoms with Crippen LogP contribution in [0.25, 0.3) is 16.2 Å². The van der Waals surface area contributed by atoms with E-state index in [0.29, 0.717) is 33.8 Å². The number of carbonyl (C=O) groups is 2. The first-order valence-electron chi connectivity index (χ1n) is 18.6. The fourth-order valence-electron chi connectivity index (χ4n) is 6.39. The molecule has 5 heterocycles. The van der Waals surface area contributed by atoms with Gasteiger partial charge >= 0.3 is 6.09 Å². The van der Waals surface area contributed by atoms with Crippen molar-refractivity contribution in [2.45, 2.75) is 71.7 Å². The molecule has 3 unspecified atom stereocenters. The number of aromatic nitrogens is 5. The number of halogens is 3. The van der Waals surface area contributed by atoms with Crippen LogP contribution in [0.3, 0.4) is 0 Å². The number of hydrogen-bond donors (Lipinski definition) is 3. The number of benzene rings is 2. The topological polar surface area (TPSA) is 170 Å². The number of aryl methyl sites for hydroxylation is 1. The number of nitrogens with zero attached hydrogens (tertiary/aromatic N) is 7. The summed E-state index contributed by atoms with van der Waals surface area (Å²) in [7, 11) is 0. The highest BCUT2D eigenvalue weighted by Crippen LogP contribution is 2.37. The highest BCUT2D eigenvalue weighted by Gasteiger charge is 2.36. The van der Waals surface area contributed by atoms with E-state index >= 15 is 0 Å². The van der Waals surface area contributed by atoms with Crippen molar-refractivity contribution in [1.82, 2.24) is 30.1 Å². The van der Waals surface area contributed by atoms with Gasteiger partial charge in [0.25, 0.3) is 0 Å². The Morgan fingerprint density at radius 2 is 1.58 bits per heavy atom. The van der Waals surface area contributed by atoms with E-state index in [-0.39, 0.29) is 27.5 Å². The van der Waals surface area contributed by atoms with Crippen LogP contribution in [0.5, 0.6) is 0 Å². The molecule has 2 aliphatic rings. The number of nitrogens with two attached hydrogens (primary N) is 2. The maximum Gasteiger partial charge on any atom is 0.407 e. The van der Waals surface area contributed by atoms with Crippen molar-refractivity contribution in [1.29, 1.82) is 0 Å². The molecule has 0 saturated carbocycles. The van der Waals surface area contributed by atoms with Crippen LogP contribution in [0.1, 0.15) is 70.4 Å². The quantitative estimate of drug-likeness (QED) is 0.100. The van der Waals surface area contributed by atoms with Gasteiger partial charge in [-0.2, -0.15) is 0 Å². The number of carbonyl (C=O) groups excluding carboxylic acids is 2. The maximum absolute atomic E-state index is 11.7. The van der Waals surface area contributed by atoms with Gasteiger partial charge in [-0.15, -0.1) is 15.3 Å². The van der Waals surface area contributed by atoms with E-state index in [0.717, 1.165) is 71.2 Å². The van der Waals surface area contributed by atoms with E-state index in [1.807, 2.05) is 56.5 Å². The first-order valence-corrected chi connectivity index (χ1v) is 21.9. The van der Waals surface area contributed by atoms with Crippen molar-refractivity contribution >= 4 is 94.0 Å². The van der Waals surface area contributed by atoms with Crippen LogP contribution in [0.2, 0.25) is 10.0 Å². The SMILES string of the molecule is CC(Br)C(=O)c1ccccc1Cl.CC1(CNC(=O)OC(C)(C)C)CCN(c2nnc(N)s2)C1.Cc1c(-c2ccccc2Cl)nc2sc(N3CCC(C)(CN)C3)nn12. The number of alkyl halides is 1. The van der Waals surface area contributed by atoms with Gasteiger partial charge in [-0.05, 0) is 77.6 Å². The lowest BCUT2D eigenvalue weighted by molar-refractivity contribution is 0.0507. The van der Waals surface area contributed by atoms with Crippen molar-refractivity contribution in [3.63, 3.8) is 0 Å². The van der Waals surface area contributed by atoms with E-state index in [2.05, 4.69) is 55.1 Å². The first kappa shape index (κ1) is 44.6. The molecule has 13 nitrogen and oxygen atoms in total. The summed E-state index contributed by atoms with van der Waals surface area (Å²) in [4.78, 5) is 33.1. The zero-order valence-electron chi connectivity index (χ0n) is 33.3. The number of amides is 1. The monoisotopic (exact) mass is 920 g/mol. The second kappa shape index (κ2) is 18.6. The molecule has 3 atom stereocenters. The van der Waals surface area contributed by atoms with Gasteiger partial charge in [0.2, 0.25) is 20.4 Å².